The molecule has 2 N–H and O–H groups in total. The van der Waals surface area contributed by atoms with Crippen LogP contribution in [-0.2, 0) is 4.79 Å². The van der Waals surface area contributed by atoms with Crippen LogP contribution in [0.2, 0.25) is 0 Å². The number of nitrogens with one attached hydrogen (secondary N) is 2. The highest BCUT2D eigenvalue weighted by atomic mass is 35.5. The van der Waals surface area contributed by atoms with Crippen LogP contribution in [0.4, 0.5) is 22.0 Å². The molecule has 0 radical (unpaired) electrons. The highest BCUT2D eigenvalue weighted by Gasteiger charge is 2.42. The average molecular weight is 362 g/mol. The third kappa shape index (κ3) is 9.28. The van der Waals surface area contributed by atoms with Gasteiger partial charge in [-0.05, 0) is 7.05 Å². The molecule has 1 amide bonds. The van der Waals surface area contributed by atoms with E-state index in [1.54, 1.807) is 0 Å². The third-order valence-electron chi connectivity index (χ3n) is 2.67. The second kappa shape index (κ2) is 8.92. The summed E-state index contributed by atoms with van der Waals surface area (Å²) in [6.45, 7) is -1.66. The Kier molecular flexibility index (Phi) is 9.72. The molecule has 0 aromatic rings. The zero-order chi connectivity index (χ0) is 14.7. The van der Waals surface area contributed by atoms with Gasteiger partial charge in [0.05, 0.1) is 19.1 Å². The van der Waals surface area contributed by atoms with Gasteiger partial charge in [-0.2, -0.15) is 13.2 Å². The summed E-state index contributed by atoms with van der Waals surface area (Å²) in [6.07, 6.45) is -4.88. The van der Waals surface area contributed by atoms with Crippen LogP contribution in [0.15, 0.2) is 0 Å². The minimum absolute atomic E-state index is 0. The van der Waals surface area contributed by atoms with E-state index in [1.807, 2.05) is 0 Å². The lowest BCUT2D eigenvalue weighted by Crippen LogP contribution is -2.44. The van der Waals surface area contributed by atoms with Crippen molar-refractivity contribution in [1.82, 2.24) is 15.5 Å². The molecule has 0 spiro atoms. The van der Waals surface area contributed by atoms with Gasteiger partial charge in [0.2, 0.25) is 5.91 Å². The topological polar surface area (TPSA) is 44.4 Å². The molecule has 11 heteroatoms. The zero-order valence-corrected chi connectivity index (χ0v) is 12.8. The quantitative estimate of drug-likeness (QED) is 0.728. The van der Waals surface area contributed by atoms with Crippen molar-refractivity contribution in [3.05, 3.63) is 0 Å². The first-order chi connectivity index (χ1) is 8.59. The number of alkyl halides is 5. The molecule has 4 nitrogen and oxygen atoms in total. The normalized spacial score (nSPS) is 20.6. The fourth-order valence-electron chi connectivity index (χ4n) is 1.78. The summed E-state index contributed by atoms with van der Waals surface area (Å²) in [5, 5.41) is 4.70. The summed E-state index contributed by atoms with van der Waals surface area (Å²) in [4.78, 5) is 12.4. The third-order valence-corrected chi connectivity index (χ3v) is 2.67. The SMILES string of the molecule is CN(CCNC(=O)C1CC(F)(F)CN1)CC(F)(F)F.Cl.Cl. The van der Waals surface area contributed by atoms with E-state index < -0.39 is 43.6 Å². The Morgan fingerprint density at radius 3 is 2.38 bits per heavy atom. The van der Waals surface area contributed by atoms with Crippen molar-refractivity contribution in [3.8, 4) is 0 Å². The van der Waals surface area contributed by atoms with Gasteiger partial charge >= 0.3 is 6.18 Å². The van der Waals surface area contributed by atoms with E-state index in [1.165, 1.54) is 7.05 Å². The first kappa shape index (κ1) is 22.9. The number of carbonyl (C=O) groups is 1. The highest BCUT2D eigenvalue weighted by molar-refractivity contribution is 5.85. The number of carbonyl (C=O) groups excluding carboxylic acids is 1. The van der Waals surface area contributed by atoms with E-state index in [4.69, 9.17) is 0 Å². The van der Waals surface area contributed by atoms with Crippen LogP contribution in [-0.4, -0.2) is 62.2 Å². The maximum atomic E-state index is 12.8. The van der Waals surface area contributed by atoms with Gasteiger partial charge < -0.3 is 5.32 Å². The van der Waals surface area contributed by atoms with E-state index in [-0.39, 0.29) is 37.9 Å². The van der Waals surface area contributed by atoms with Gasteiger partial charge in [-0.15, -0.1) is 24.8 Å². The molecular formula is C10H18Cl2F5N3O. The van der Waals surface area contributed by atoms with Crippen LogP contribution >= 0.6 is 24.8 Å². The molecule has 1 fully saturated rings. The van der Waals surface area contributed by atoms with Crippen LogP contribution < -0.4 is 10.6 Å². The van der Waals surface area contributed by atoms with Crippen LogP contribution in [0.3, 0.4) is 0 Å². The first-order valence-corrected chi connectivity index (χ1v) is 5.73. The van der Waals surface area contributed by atoms with Gasteiger partial charge in [-0.1, -0.05) is 0 Å². The largest absolute Gasteiger partial charge is 0.401 e. The molecule has 0 aliphatic carbocycles. The second-order valence-corrected chi connectivity index (χ2v) is 4.64. The Labute approximate surface area is 131 Å². The Hall–Kier alpha value is -0.380. The van der Waals surface area contributed by atoms with E-state index >= 15 is 0 Å². The Balaban J connectivity index is 0. The number of hydrogen-bond donors (Lipinski definition) is 2. The summed E-state index contributed by atoms with van der Waals surface area (Å²) in [5.74, 6) is -3.52. The molecule has 0 saturated carbocycles. The van der Waals surface area contributed by atoms with E-state index in [0.29, 0.717) is 0 Å². The smallest absolute Gasteiger partial charge is 0.353 e. The van der Waals surface area contributed by atoms with Crippen LogP contribution in [0.1, 0.15) is 6.42 Å². The van der Waals surface area contributed by atoms with E-state index in [0.717, 1.165) is 4.90 Å². The van der Waals surface area contributed by atoms with Crippen molar-refractivity contribution in [2.45, 2.75) is 24.6 Å². The maximum Gasteiger partial charge on any atom is 0.401 e. The molecule has 21 heavy (non-hydrogen) atoms. The molecule has 128 valence electrons. The van der Waals surface area contributed by atoms with Crippen LogP contribution in [0, 0.1) is 0 Å². The van der Waals surface area contributed by atoms with Crippen LogP contribution in [0.5, 0.6) is 0 Å². The van der Waals surface area contributed by atoms with Crippen molar-refractivity contribution >= 4 is 30.7 Å². The molecular weight excluding hydrogens is 344 g/mol. The molecule has 1 aliphatic rings. The van der Waals surface area contributed by atoms with Gasteiger partial charge in [0.1, 0.15) is 0 Å². The fourth-order valence-corrected chi connectivity index (χ4v) is 1.78. The predicted molar refractivity (Wildman–Crippen MR) is 72.4 cm³/mol. The lowest BCUT2D eigenvalue weighted by Gasteiger charge is -2.19. The molecule has 0 bridgehead atoms. The summed E-state index contributed by atoms with van der Waals surface area (Å²) in [7, 11) is 1.27. The number of likely N-dealkylation sites (N-methyl/N-ethyl adjacent to an activating group) is 1. The lowest BCUT2D eigenvalue weighted by atomic mass is 10.2. The number of hydrogen-bond acceptors (Lipinski definition) is 3. The lowest BCUT2D eigenvalue weighted by molar-refractivity contribution is -0.142. The highest BCUT2D eigenvalue weighted by Crippen LogP contribution is 2.24. The number of halogens is 7. The van der Waals surface area contributed by atoms with Crippen molar-refractivity contribution in [1.29, 1.82) is 0 Å². The van der Waals surface area contributed by atoms with Crippen molar-refractivity contribution < 1.29 is 26.7 Å². The summed E-state index contributed by atoms with van der Waals surface area (Å²) >= 11 is 0. The van der Waals surface area contributed by atoms with E-state index in [2.05, 4.69) is 10.6 Å². The number of amides is 1. The van der Waals surface area contributed by atoms with Gasteiger partial charge in [-0.3, -0.25) is 15.0 Å². The summed E-state index contributed by atoms with van der Waals surface area (Å²) in [6, 6.07) is -0.983. The monoisotopic (exact) mass is 361 g/mol. The summed E-state index contributed by atoms with van der Waals surface area (Å²) < 4.78 is 61.6. The van der Waals surface area contributed by atoms with Crippen LogP contribution in [0.25, 0.3) is 0 Å². The minimum atomic E-state index is -4.30. The Morgan fingerprint density at radius 2 is 1.95 bits per heavy atom. The standard InChI is InChI=1S/C10H16F5N3O.2ClH/c1-18(6-10(13,14)15)3-2-16-8(19)7-4-9(11,12)5-17-7;;/h7,17H,2-6H2,1H3,(H,16,19);2*1H. The number of rotatable bonds is 5. The predicted octanol–water partition coefficient (Wildman–Crippen LogP) is 1.44. The molecule has 1 rings (SSSR count). The van der Waals surface area contributed by atoms with E-state index in [9.17, 15) is 26.7 Å². The van der Waals surface area contributed by atoms with Crippen molar-refractivity contribution in [3.63, 3.8) is 0 Å². The summed E-state index contributed by atoms with van der Waals surface area (Å²) in [5.41, 5.74) is 0. The number of nitrogens with zero attached hydrogens (tertiary/aromatic N) is 1. The first-order valence-electron chi connectivity index (χ1n) is 5.73. The Morgan fingerprint density at radius 1 is 1.38 bits per heavy atom. The zero-order valence-electron chi connectivity index (χ0n) is 11.2. The fraction of sp³-hybridized carbons (Fsp3) is 0.900. The molecule has 1 atom stereocenters. The molecule has 1 aliphatic heterocycles. The second-order valence-electron chi connectivity index (χ2n) is 4.64. The molecule has 1 unspecified atom stereocenters. The van der Waals surface area contributed by atoms with Crippen molar-refractivity contribution in [2.75, 3.05) is 33.2 Å². The molecule has 1 saturated heterocycles. The Bertz CT molecular complexity index is 330. The van der Waals surface area contributed by atoms with Gasteiger partial charge in [0.25, 0.3) is 5.92 Å². The maximum absolute atomic E-state index is 12.8. The molecule has 1 heterocycles. The molecule has 0 aromatic carbocycles. The molecule has 0 aromatic heterocycles. The average Bonchev–Trinajstić information content (AvgIpc) is 2.56. The van der Waals surface area contributed by atoms with Gasteiger partial charge in [-0.25, -0.2) is 8.78 Å². The minimum Gasteiger partial charge on any atom is -0.353 e. The van der Waals surface area contributed by atoms with Gasteiger partial charge in [0, 0.05) is 19.5 Å². The van der Waals surface area contributed by atoms with Crippen molar-refractivity contribution in [2.24, 2.45) is 0 Å². The van der Waals surface area contributed by atoms with Gasteiger partial charge in [0.15, 0.2) is 0 Å².